The van der Waals surface area contributed by atoms with E-state index >= 15 is 0 Å². The molecule has 0 aliphatic rings. The van der Waals surface area contributed by atoms with Gasteiger partial charge in [0.15, 0.2) is 10.9 Å². The second-order valence-electron chi connectivity index (χ2n) is 7.28. The van der Waals surface area contributed by atoms with Gasteiger partial charge in [0.25, 0.3) is 0 Å². The van der Waals surface area contributed by atoms with Gasteiger partial charge >= 0.3 is 0 Å². The van der Waals surface area contributed by atoms with Gasteiger partial charge in [0, 0.05) is 21.5 Å². The van der Waals surface area contributed by atoms with E-state index in [0.29, 0.717) is 17.7 Å². The molecule has 0 saturated heterocycles. The van der Waals surface area contributed by atoms with Crippen LogP contribution in [0.25, 0.3) is 41.7 Å². The number of rotatable bonds is 4. The molecule has 0 amide bonds. The van der Waals surface area contributed by atoms with Gasteiger partial charge in [-0.25, -0.2) is 0 Å². The molecule has 0 bridgehead atoms. The number of ether oxygens (including phenoxy) is 1. The van der Waals surface area contributed by atoms with Gasteiger partial charge in [-0.3, -0.25) is 19.2 Å². The Kier molecular flexibility index (Phi) is 4.25. The zero-order valence-corrected chi connectivity index (χ0v) is 16.9. The summed E-state index contributed by atoms with van der Waals surface area (Å²) in [5.41, 5.74) is -1.48. The standard InChI is InChI=1S/C24H16O5S/c1-2-3-10-29-12-8-9-15-16(11-12)20(26)18-17-19(25)13-6-4-5-7-14(13)21(27)23(17)30-24(18)22(15)28/h4-9,11H,2-3,10H2,1H3. The summed E-state index contributed by atoms with van der Waals surface area (Å²) in [5, 5.41) is 1.15. The molecule has 5 rings (SSSR count). The Morgan fingerprint density at radius 3 is 1.93 bits per heavy atom. The van der Waals surface area contributed by atoms with Crippen molar-refractivity contribution in [2.75, 3.05) is 6.61 Å². The van der Waals surface area contributed by atoms with Crippen molar-refractivity contribution in [3.05, 3.63) is 83.4 Å². The molecule has 5 aromatic rings. The molecular weight excluding hydrogens is 400 g/mol. The van der Waals surface area contributed by atoms with Crippen molar-refractivity contribution in [2.24, 2.45) is 0 Å². The maximum absolute atomic E-state index is 13.4. The quantitative estimate of drug-likeness (QED) is 0.416. The molecule has 5 nitrogen and oxygen atoms in total. The molecule has 4 aromatic carbocycles. The van der Waals surface area contributed by atoms with Crippen molar-refractivity contribution < 1.29 is 4.74 Å². The number of hydrogen-bond donors (Lipinski definition) is 0. The van der Waals surface area contributed by atoms with Crippen LogP contribution in [0.4, 0.5) is 0 Å². The lowest BCUT2D eigenvalue weighted by atomic mass is 10.0. The van der Waals surface area contributed by atoms with E-state index in [1.165, 1.54) is 0 Å². The molecule has 0 N–H and O–H groups in total. The Morgan fingerprint density at radius 2 is 1.30 bits per heavy atom. The zero-order valence-electron chi connectivity index (χ0n) is 16.1. The predicted molar refractivity (Wildman–Crippen MR) is 122 cm³/mol. The molecule has 30 heavy (non-hydrogen) atoms. The largest absolute Gasteiger partial charge is 0.494 e. The lowest BCUT2D eigenvalue weighted by Gasteiger charge is -2.06. The lowest BCUT2D eigenvalue weighted by Crippen LogP contribution is -2.15. The third-order valence-corrected chi connectivity index (χ3v) is 6.63. The summed E-state index contributed by atoms with van der Waals surface area (Å²) >= 11 is 0.938. The molecule has 1 aromatic heterocycles. The van der Waals surface area contributed by atoms with Crippen LogP contribution in [0.5, 0.6) is 5.75 Å². The van der Waals surface area contributed by atoms with Crippen LogP contribution in [-0.4, -0.2) is 6.61 Å². The molecule has 0 aliphatic carbocycles. The molecule has 6 heteroatoms. The molecule has 0 unspecified atom stereocenters. The van der Waals surface area contributed by atoms with Gasteiger partial charge < -0.3 is 4.74 Å². The van der Waals surface area contributed by atoms with Crippen LogP contribution in [0.3, 0.4) is 0 Å². The van der Waals surface area contributed by atoms with Crippen LogP contribution in [0.2, 0.25) is 0 Å². The second-order valence-corrected chi connectivity index (χ2v) is 8.30. The van der Waals surface area contributed by atoms with Crippen molar-refractivity contribution in [2.45, 2.75) is 19.8 Å². The Bertz CT molecular complexity index is 1690. The summed E-state index contributed by atoms with van der Waals surface area (Å²) in [6.45, 7) is 2.57. The molecule has 0 aliphatic heterocycles. The van der Waals surface area contributed by atoms with Crippen LogP contribution in [0, 0.1) is 0 Å². The summed E-state index contributed by atoms with van der Waals surface area (Å²) in [4.78, 5) is 52.6. The summed E-state index contributed by atoms with van der Waals surface area (Å²) in [7, 11) is 0. The molecule has 0 spiro atoms. The van der Waals surface area contributed by atoms with E-state index < -0.39 is 10.9 Å². The van der Waals surface area contributed by atoms with E-state index in [0.717, 1.165) is 24.2 Å². The monoisotopic (exact) mass is 416 g/mol. The van der Waals surface area contributed by atoms with Gasteiger partial charge in [-0.05, 0) is 24.6 Å². The van der Waals surface area contributed by atoms with Crippen molar-refractivity contribution in [1.82, 2.24) is 0 Å². The van der Waals surface area contributed by atoms with Crippen molar-refractivity contribution in [3.8, 4) is 5.75 Å². The van der Waals surface area contributed by atoms with Crippen LogP contribution in [0.15, 0.2) is 61.6 Å². The molecule has 148 valence electrons. The first-order chi connectivity index (χ1) is 14.5. The van der Waals surface area contributed by atoms with Crippen LogP contribution in [0.1, 0.15) is 19.8 Å². The van der Waals surface area contributed by atoms with Crippen molar-refractivity contribution in [3.63, 3.8) is 0 Å². The normalized spacial score (nSPS) is 11.8. The minimum absolute atomic E-state index is 0.0473. The summed E-state index contributed by atoms with van der Waals surface area (Å²) < 4.78 is 6.00. The van der Waals surface area contributed by atoms with Gasteiger partial charge in [-0.15, -0.1) is 11.3 Å². The highest BCUT2D eigenvalue weighted by atomic mass is 32.1. The molecule has 0 fully saturated rings. The Morgan fingerprint density at radius 1 is 0.733 bits per heavy atom. The third kappa shape index (κ3) is 2.53. The maximum atomic E-state index is 13.4. The highest BCUT2D eigenvalue weighted by Crippen LogP contribution is 2.29. The number of unbranched alkanes of at least 4 members (excludes halogenated alkanes) is 1. The molecule has 0 radical (unpaired) electrons. The fraction of sp³-hybridized carbons (Fsp3) is 0.167. The van der Waals surface area contributed by atoms with E-state index in [1.807, 2.05) is 0 Å². The smallest absolute Gasteiger partial charge is 0.204 e. The van der Waals surface area contributed by atoms with Crippen LogP contribution >= 0.6 is 11.3 Å². The zero-order chi connectivity index (χ0) is 21.0. The molecule has 0 atom stereocenters. The maximum Gasteiger partial charge on any atom is 0.204 e. The van der Waals surface area contributed by atoms with Gasteiger partial charge in [-0.1, -0.05) is 37.6 Å². The van der Waals surface area contributed by atoms with Crippen LogP contribution in [-0.2, 0) is 0 Å². The van der Waals surface area contributed by atoms with Crippen molar-refractivity contribution in [1.29, 1.82) is 0 Å². The van der Waals surface area contributed by atoms with E-state index in [-0.39, 0.29) is 47.2 Å². The van der Waals surface area contributed by atoms with Gasteiger partial charge in [-0.2, -0.15) is 0 Å². The summed E-state index contributed by atoms with van der Waals surface area (Å²) in [6.07, 6.45) is 1.85. The number of fused-ring (bicyclic) bond motifs is 5. The first-order valence-corrected chi connectivity index (χ1v) is 10.6. The Hall–Kier alpha value is -3.38. The minimum Gasteiger partial charge on any atom is -0.494 e. The lowest BCUT2D eigenvalue weighted by molar-refractivity contribution is 0.310. The second kappa shape index (κ2) is 6.85. The van der Waals surface area contributed by atoms with E-state index in [2.05, 4.69) is 6.92 Å². The molecular formula is C24H16O5S. The van der Waals surface area contributed by atoms with Gasteiger partial charge in [0.05, 0.1) is 26.8 Å². The average molecular weight is 416 g/mol. The SMILES string of the molecule is CCCCOc1ccc2c(=O)c3sc4c(=O)c5ccccc5c(=O)c4c3c(=O)c2c1. The van der Waals surface area contributed by atoms with E-state index in [9.17, 15) is 19.2 Å². The Balaban J connectivity index is 1.94. The third-order valence-electron chi connectivity index (χ3n) is 5.44. The fourth-order valence-electron chi connectivity index (χ4n) is 3.91. The Labute approximate surface area is 173 Å². The topological polar surface area (TPSA) is 77.5 Å². The predicted octanol–water partition coefficient (Wildman–Crippen LogP) is 3.86. The summed E-state index contributed by atoms with van der Waals surface area (Å²) in [5.74, 6) is 0.503. The number of benzene rings is 4. The first kappa shape index (κ1) is 18.6. The molecule has 0 saturated carbocycles. The highest BCUT2D eigenvalue weighted by Gasteiger charge is 2.22. The average Bonchev–Trinajstić information content (AvgIpc) is 3.18. The highest BCUT2D eigenvalue weighted by molar-refractivity contribution is 7.25. The summed E-state index contributed by atoms with van der Waals surface area (Å²) in [6, 6.07) is 11.3. The fourth-order valence-corrected chi connectivity index (χ4v) is 5.11. The van der Waals surface area contributed by atoms with Gasteiger partial charge in [0.1, 0.15) is 5.75 Å². The van der Waals surface area contributed by atoms with Crippen molar-refractivity contribution >= 4 is 53.1 Å². The molecule has 1 heterocycles. The van der Waals surface area contributed by atoms with Crippen LogP contribution < -0.4 is 26.5 Å². The van der Waals surface area contributed by atoms with E-state index in [1.54, 1.807) is 42.5 Å². The van der Waals surface area contributed by atoms with E-state index in [4.69, 9.17) is 4.74 Å². The number of hydrogen-bond acceptors (Lipinski definition) is 6. The first-order valence-electron chi connectivity index (χ1n) is 9.74. The van der Waals surface area contributed by atoms with Gasteiger partial charge in [0.2, 0.25) is 10.9 Å². The number of thiophene rings is 1. The minimum atomic E-state index is -0.418.